The Hall–Kier alpha value is -3.15. The smallest absolute Gasteiger partial charge is 0.271 e. The first-order chi connectivity index (χ1) is 12.5. The fourth-order valence-electron chi connectivity index (χ4n) is 2.37. The van der Waals surface area contributed by atoms with E-state index in [9.17, 15) is 9.59 Å². The number of aryl methyl sites for hydroxylation is 1. The number of nitrogens with one attached hydrogen (secondary N) is 2. The number of methoxy groups -OCH3 is 1. The molecule has 136 valence electrons. The van der Waals surface area contributed by atoms with Gasteiger partial charge in [-0.15, -0.1) is 0 Å². The topological polar surface area (TPSA) is 79.8 Å². The van der Waals surface area contributed by atoms with Gasteiger partial charge in [0, 0.05) is 17.0 Å². The van der Waals surface area contributed by atoms with Crippen LogP contribution < -0.4 is 15.5 Å². The summed E-state index contributed by atoms with van der Waals surface area (Å²) in [6.07, 6.45) is 0.933. The zero-order valence-corrected chi connectivity index (χ0v) is 15.2. The fourth-order valence-corrected chi connectivity index (χ4v) is 2.37. The van der Waals surface area contributed by atoms with Crippen LogP contribution in [0.5, 0.6) is 5.75 Å². The minimum absolute atomic E-state index is 0.0982. The van der Waals surface area contributed by atoms with E-state index < -0.39 is 0 Å². The zero-order chi connectivity index (χ0) is 18.9. The van der Waals surface area contributed by atoms with Gasteiger partial charge in [0.2, 0.25) is 5.91 Å². The van der Waals surface area contributed by atoms with Gasteiger partial charge in [-0.05, 0) is 49.2 Å². The SMILES string of the molecule is CCc1ccccc1NC(=O)C/C(C)=N\NC(=O)c1ccc(OC)cc1. The van der Waals surface area contributed by atoms with E-state index in [1.54, 1.807) is 38.3 Å². The Balaban J connectivity index is 1.90. The summed E-state index contributed by atoms with van der Waals surface area (Å²) in [6.45, 7) is 3.73. The molecule has 0 bridgehead atoms. The van der Waals surface area contributed by atoms with Crippen LogP contribution in [0.3, 0.4) is 0 Å². The van der Waals surface area contributed by atoms with Crippen molar-refractivity contribution in [3.05, 3.63) is 59.7 Å². The van der Waals surface area contributed by atoms with Crippen molar-refractivity contribution in [3.63, 3.8) is 0 Å². The molecule has 0 unspecified atom stereocenters. The summed E-state index contributed by atoms with van der Waals surface area (Å²) in [6, 6.07) is 14.4. The van der Waals surface area contributed by atoms with E-state index in [-0.39, 0.29) is 18.2 Å². The van der Waals surface area contributed by atoms with Gasteiger partial charge >= 0.3 is 0 Å². The minimum Gasteiger partial charge on any atom is -0.497 e. The number of rotatable bonds is 7. The number of hydrogen-bond acceptors (Lipinski definition) is 4. The quantitative estimate of drug-likeness (QED) is 0.591. The second kappa shape index (κ2) is 9.36. The van der Waals surface area contributed by atoms with Gasteiger partial charge < -0.3 is 10.1 Å². The van der Waals surface area contributed by atoms with Crippen LogP contribution in [0.2, 0.25) is 0 Å². The number of hydrogen-bond donors (Lipinski definition) is 2. The van der Waals surface area contributed by atoms with Gasteiger partial charge in [-0.3, -0.25) is 9.59 Å². The molecule has 6 nitrogen and oxygen atoms in total. The summed E-state index contributed by atoms with van der Waals surface area (Å²) in [5.74, 6) is 0.153. The lowest BCUT2D eigenvalue weighted by Crippen LogP contribution is -2.21. The van der Waals surface area contributed by atoms with E-state index in [0.29, 0.717) is 17.0 Å². The van der Waals surface area contributed by atoms with E-state index in [0.717, 1.165) is 17.7 Å². The number of hydrazone groups is 1. The molecule has 2 amide bonds. The third-order valence-electron chi connectivity index (χ3n) is 3.79. The number of carbonyl (C=O) groups excluding carboxylic acids is 2. The molecule has 0 heterocycles. The molecule has 0 saturated heterocycles. The summed E-state index contributed by atoms with van der Waals surface area (Å²) < 4.78 is 5.05. The molecule has 0 saturated carbocycles. The lowest BCUT2D eigenvalue weighted by molar-refractivity contribution is -0.115. The van der Waals surface area contributed by atoms with Crippen molar-refractivity contribution in [2.45, 2.75) is 26.7 Å². The molecule has 0 atom stereocenters. The van der Waals surface area contributed by atoms with Crippen LogP contribution in [0.1, 0.15) is 36.2 Å². The molecule has 0 aliphatic rings. The highest BCUT2D eigenvalue weighted by molar-refractivity contribution is 6.06. The summed E-state index contributed by atoms with van der Waals surface area (Å²) >= 11 is 0. The highest BCUT2D eigenvalue weighted by Crippen LogP contribution is 2.15. The Kier molecular flexibility index (Phi) is 6.91. The van der Waals surface area contributed by atoms with E-state index >= 15 is 0 Å². The van der Waals surface area contributed by atoms with Crippen molar-refractivity contribution in [2.24, 2.45) is 5.10 Å². The minimum atomic E-state index is -0.344. The van der Waals surface area contributed by atoms with Crippen molar-refractivity contribution >= 4 is 23.2 Å². The molecule has 2 rings (SSSR count). The van der Waals surface area contributed by atoms with Crippen molar-refractivity contribution in [1.29, 1.82) is 0 Å². The average Bonchev–Trinajstić information content (AvgIpc) is 2.66. The molecule has 2 N–H and O–H groups in total. The Bertz CT molecular complexity index is 798. The second-order valence-corrected chi connectivity index (χ2v) is 5.75. The number of amides is 2. The Morgan fingerprint density at radius 1 is 1.08 bits per heavy atom. The Morgan fingerprint density at radius 2 is 1.77 bits per heavy atom. The maximum atomic E-state index is 12.2. The summed E-state index contributed by atoms with van der Waals surface area (Å²) in [5.41, 5.74) is 5.30. The van der Waals surface area contributed by atoms with Crippen LogP contribution in [0.15, 0.2) is 53.6 Å². The van der Waals surface area contributed by atoms with E-state index in [4.69, 9.17) is 4.74 Å². The van der Waals surface area contributed by atoms with Crippen LogP contribution in [0, 0.1) is 0 Å². The van der Waals surface area contributed by atoms with Crippen molar-refractivity contribution in [2.75, 3.05) is 12.4 Å². The standard InChI is InChI=1S/C20H23N3O3/c1-4-15-7-5-6-8-18(15)21-19(24)13-14(2)22-23-20(25)16-9-11-17(26-3)12-10-16/h5-12H,4,13H2,1-3H3,(H,21,24)(H,23,25)/b22-14-. The Morgan fingerprint density at radius 3 is 2.42 bits per heavy atom. The van der Waals surface area contributed by atoms with E-state index in [2.05, 4.69) is 15.8 Å². The van der Waals surface area contributed by atoms with Crippen LogP contribution in [0.4, 0.5) is 5.69 Å². The largest absolute Gasteiger partial charge is 0.497 e. The lowest BCUT2D eigenvalue weighted by Gasteiger charge is -2.09. The zero-order valence-electron chi connectivity index (χ0n) is 15.2. The van der Waals surface area contributed by atoms with Gasteiger partial charge in [-0.25, -0.2) is 5.43 Å². The highest BCUT2D eigenvalue weighted by atomic mass is 16.5. The first-order valence-electron chi connectivity index (χ1n) is 8.38. The molecule has 26 heavy (non-hydrogen) atoms. The summed E-state index contributed by atoms with van der Waals surface area (Å²) in [4.78, 5) is 24.2. The molecule has 0 radical (unpaired) electrons. The van der Waals surface area contributed by atoms with Gasteiger partial charge in [-0.1, -0.05) is 25.1 Å². The van der Waals surface area contributed by atoms with Crippen LogP contribution in [-0.2, 0) is 11.2 Å². The van der Waals surface area contributed by atoms with Crippen LogP contribution >= 0.6 is 0 Å². The van der Waals surface area contributed by atoms with Gasteiger partial charge in [0.25, 0.3) is 5.91 Å². The number of para-hydroxylation sites is 1. The summed E-state index contributed by atoms with van der Waals surface area (Å²) in [7, 11) is 1.56. The van der Waals surface area contributed by atoms with Crippen LogP contribution in [0.25, 0.3) is 0 Å². The highest BCUT2D eigenvalue weighted by Gasteiger charge is 2.08. The van der Waals surface area contributed by atoms with Crippen molar-refractivity contribution in [1.82, 2.24) is 5.43 Å². The van der Waals surface area contributed by atoms with Crippen molar-refractivity contribution in [3.8, 4) is 5.75 Å². The maximum Gasteiger partial charge on any atom is 0.271 e. The normalized spacial score (nSPS) is 11.0. The number of benzene rings is 2. The predicted molar refractivity (Wildman–Crippen MR) is 103 cm³/mol. The third kappa shape index (κ3) is 5.44. The van der Waals surface area contributed by atoms with Gasteiger partial charge in [-0.2, -0.15) is 5.10 Å². The van der Waals surface area contributed by atoms with Crippen LogP contribution in [-0.4, -0.2) is 24.6 Å². The average molecular weight is 353 g/mol. The molecule has 2 aromatic carbocycles. The lowest BCUT2D eigenvalue weighted by atomic mass is 10.1. The molecule has 6 heteroatoms. The van der Waals surface area contributed by atoms with Crippen molar-refractivity contribution < 1.29 is 14.3 Å². The first-order valence-corrected chi connectivity index (χ1v) is 8.38. The number of ether oxygens (including phenoxy) is 1. The maximum absolute atomic E-state index is 12.2. The predicted octanol–water partition coefficient (Wildman–Crippen LogP) is 3.39. The van der Waals surface area contributed by atoms with Gasteiger partial charge in [0.05, 0.1) is 13.5 Å². The first kappa shape index (κ1) is 19.2. The molecular formula is C20H23N3O3. The fraction of sp³-hybridized carbons (Fsp3) is 0.250. The summed E-state index contributed by atoms with van der Waals surface area (Å²) in [5, 5.41) is 6.87. The van der Waals surface area contributed by atoms with Gasteiger partial charge in [0.15, 0.2) is 0 Å². The molecule has 0 aromatic heterocycles. The monoisotopic (exact) mass is 353 g/mol. The Labute approximate surface area is 153 Å². The number of carbonyl (C=O) groups is 2. The number of nitrogens with zero attached hydrogens (tertiary/aromatic N) is 1. The molecular weight excluding hydrogens is 330 g/mol. The molecule has 2 aromatic rings. The second-order valence-electron chi connectivity index (χ2n) is 5.75. The van der Waals surface area contributed by atoms with E-state index in [1.165, 1.54) is 0 Å². The molecule has 0 aliphatic heterocycles. The molecule has 0 fully saturated rings. The van der Waals surface area contributed by atoms with E-state index in [1.807, 2.05) is 31.2 Å². The molecule has 0 spiro atoms. The molecule has 0 aliphatic carbocycles. The third-order valence-corrected chi connectivity index (χ3v) is 3.79. The number of anilines is 1. The van der Waals surface area contributed by atoms with Gasteiger partial charge in [0.1, 0.15) is 5.75 Å².